The van der Waals surface area contributed by atoms with Gasteiger partial charge in [0.2, 0.25) is 0 Å². The Bertz CT molecular complexity index is 2450. The molecule has 9 aromatic rings. The third-order valence-electron chi connectivity index (χ3n) is 8.47. The molecule has 0 bridgehead atoms. The number of para-hydroxylation sites is 2. The lowest BCUT2D eigenvalue weighted by atomic mass is 9.96. The van der Waals surface area contributed by atoms with E-state index in [9.17, 15) is 0 Å². The third kappa shape index (κ3) is 3.86. The minimum Gasteiger partial charge on any atom is -0.455 e. The Morgan fingerprint density at radius 2 is 1.07 bits per heavy atom. The second kappa shape index (κ2) is 9.59. The minimum atomic E-state index is 0.925. The van der Waals surface area contributed by atoms with Crippen LogP contribution in [0.5, 0.6) is 0 Å². The molecule has 0 radical (unpaired) electrons. The Labute approximate surface area is 252 Å². The smallest absolute Gasteiger partial charge is 0.143 e. The molecule has 0 atom stereocenters. The molecule has 0 spiro atoms. The Balaban J connectivity index is 1.17. The normalized spacial score (nSPS) is 11.7. The van der Waals surface area contributed by atoms with Crippen LogP contribution in [0, 0.1) is 0 Å². The van der Waals surface area contributed by atoms with E-state index in [1.807, 2.05) is 23.5 Å². The van der Waals surface area contributed by atoms with Crippen molar-refractivity contribution < 1.29 is 4.42 Å². The molecule has 0 fully saturated rings. The molecular formula is C40H25NOS. The van der Waals surface area contributed by atoms with Gasteiger partial charge in [0, 0.05) is 53.4 Å². The molecule has 2 nitrogen and oxygen atoms in total. The van der Waals surface area contributed by atoms with Crippen LogP contribution in [0.1, 0.15) is 0 Å². The molecule has 0 saturated heterocycles. The molecule has 0 unspecified atom stereocenters. The van der Waals surface area contributed by atoms with Gasteiger partial charge in [-0.05, 0) is 77.2 Å². The predicted octanol–water partition coefficient (Wildman–Crippen LogP) is 12.2. The standard InChI is InChI=1S/C40H25NOS/c1-2-9-27(10-3-1)41(29-21-24-39-36(25-29)33-12-5-7-16-38(33)43-39)28-19-17-26(18-20-28)30-13-8-14-34-31(30)22-23-35-32-11-4-6-15-37(32)42-40(34)35/h1-25H. The van der Waals surface area contributed by atoms with Crippen LogP contribution in [0.4, 0.5) is 17.1 Å². The van der Waals surface area contributed by atoms with E-state index in [0.717, 1.165) is 44.4 Å². The first-order chi connectivity index (χ1) is 21.3. The molecule has 3 heteroatoms. The Morgan fingerprint density at radius 3 is 1.95 bits per heavy atom. The maximum absolute atomic E-state index is 6.35. The molecule has 202 valence electrons. The zero-order valence-electron chi connectivity index (χ0n) is 23.2. The monoisotopic (exact) mass is 567 g/mol. The molecule has 2 aromatic heterocycles. The molecule has 7 aromatic carbocycles. The largest absolute Gasteiger partial charge is 0.455 e. The van der Waals surface area contributed by atoms with E-state index in [2.05, 4.69) is 144 Å². The van der Waals surface area contributed by atoms with Gasteiger partial charge in [0.25, 0.3) is 0 Å². The van der Waals surface area contributed by atoms with Crippen LogP contribution in [-0.4, -0.2) is 0 Å². The number of hydrogen-bond donors (Lipinski definition) is 0. The topological polar surface area (TPSA) is 16.4 Å². The van der Waals surface area contributed by atoms with Gasteiger partial charge in [-0.1, -0.05) is 91.0 Å². The fourth-order valence-electron chi connectivity index (χ4n) is 6.46. The van der Waals surface area contributed by atoms with Crippen LogP contribution in [-0.2, 0) is 0 Å². The first kappa shape index (κ1) is 24.2. The molecular weight excluding hydrogens is 543 g/mol. The Kier molecular flexibility index (Phi) is 5.40. The molecule has 0 aliphatic rings. The highest BCUT2D eigenvalue weighted by Crippen LogP contribution is 2.42. The van der Waals surface area contributed by atoms with Crippen LogP contribution < -0.4 is 4.90 Å². The fourth-order valence-corrected chi connectivity index (χ4v) is 7.55. The summed E-state index contributed by atoms with van der Waals surface area (Å²) in [5.74, 6) is 0. The zero-order chi connectivity index (χ0) is 28.3. The molecule has 2 heterocycles. The highest BCUT2D eigenvalue weighted by Gasteiger charge is 2.16. The van der Waals surface area contributed by atoms with Crippen molar-refractivity contribution in [3.8, 4) is 11.1 Å². The second-order valence-corrected chi connectivity index (χ2v) is 12.0. The van der Waals surface area contributed by atoms with Crippen LogP contribution >= 0.6 is 11.3 Å². The maximum atomic E-state index is 6.35. The van der Waals surface area contributed by atoms with Gasteiger partial charge in [0.15, 0.2) is 0 Å². The first-order valence-corrected chi connectivity index (χ1v) is 15.3. The van der Waals surface area contributed by atoms with Crippen molar-refractivity contribution >= 4 is 81.3 Å². The lowest BCUT2D eigenvalue weighted by molar-refractivity contribution is 0.672. The van der Waals surface area contributed by atoms with Gasteiger partial charge in [0.1, 0.15) is 11.2 Å². The summed E-state index contributed by atoms with van der Waals surface area (Å²) in [4.78, 5) is 2.34. The zero-order valence-corrected chi connectivity index (χ0v) is 24.0. The van der Waals surface area contributed by atoms with Crippen molar-refractivity contribution in [2.24, 2.45) is 0 Å². The number of anilines is 3. The van der Waals surface area contributed by atoms with Gasteiger partial charge >= 0.3 is 0 Å². The first-order valence-electron chi connectivity index (χ1n) is 14.5. The average Bonchev–Trinajstić information content (AvgIpc) is 3.64. The number of nitrogens with zero attached hydrogens (tertiary/aromatic N) is 1. The van der Waals surface area contributed by atoms with E-state index < -0.39 is 0 Å². The highest BCUT2D eigenvalue weighted by atomic mass is 32.1. The Hall–Kier alpha value is -5.38. The van der Waals surface area contributed by atoms with Gasteiger partial charge in [-0.25, -0.2) is 0 Å². The average molecular weight is 568 g/mol. The van der Waals surface area contributed by atoms with E-state index in [-0.39, 0.29) is 0 Å². The summed E-state index contributed by atoms with van der Waals surface area (Å²) in [6.07, 6.45) is 0. The quantitative estimate of drug-likeness (QED) is 0.210. The molecule has 0 amide bonds. The van der Waals surface area contributed by atoms with Crippen molar-refractivity contribution in [2.75, 3.05) is 4.90 Å². The number of fused-ring (bicyclic) bond motifs is 8. The SMILES string of the molecule is c1ccc(N(c2ccc(-c3cccc4c3ccc3c5ccccc5oc43)cc2)c2ccc3sc4ccccc4c3c2)cc1. The van der Waals surface area contributed by atoms with Gasteiger partial charge in [-0.2, -0.15) is 0 Å². The molecule has 0 saturated carbocycles. The summed E-state index contributed by atoms with van der Waals surface area (Å²) in [5, 5.41) is 7.24. The van der Waals surface area contributed by atoms with E-state index >= 15 is 0 Å². The number of thiophene rings is 1. The van der Waals surface area contributed by atoms with Crippen LogP contribution in [0.2, 0.25) is 0 Å². The van der Waals surface area contributed by atoms with Crippen molar-refractivity contribution in [1.82, 2.24) is 0 Å². The third-order valence-corrected chi connectivity index (χ3v) is 9.62. The van der Waals surface area contributed by atoms with E-state index in [1.54, 1.807) is 0 Å². The number of rotatable bonds is 4. The van der Waals surface area contributed by atoms with Crippen molar-refractivity contribution in [3.63, 3.8) is 0 Å². The number of benzene rings is 7. The molecule has 0 N–H and O–H groups in total. The maximum Gasteiger partial charge on any atom is 0.143 e. The van der Waals surface area contributed by atoms with Crippen molar-refractivity contribution in [2.45, 2.75) is 0 Å². The summed E-state index contributed by atoms with van der Waals surface area (Å²) in [7, 11) is 0. The summed E-state index contributed by atoms with van der Waals surface area (Å²) in [6, 6.07) is 54.3. The summed E-state index contributed by atoms with van der Waals surface area (Å²) in [6.45, 7) is 0. The van der Waals surface area contributed by atoms with Crippen LogP contribution in [0.3, 0.4) is 0 Å². The van der Waals surface area contributed by atoms with Gasteiger partial charge in [-0.3, -0.25) is 0 Å². The van der Waals surface area contributed by atoms with Crippen molar-refractivity contribution in [1.29, 1.82) is 0 Å². The van der Waals surface area contributed by atoms with Crippen LogP contribution in [0.25, 0.3) is 64.0 Å². The van der Waals surface area contributed by atoms with Crippen molar-refractivity contribution in [3.05, 3.63) is 152 Å². The summed E-state index contributed by atoms with van der Waals surface area (Å²) >= 11 is 1.85. The lowest BCUT2D eigenvalue weighted by Crippen LogP contribution is -2.09. The molecule has 9 rings (SSSR count). The van der Waals surface area contributed by atoms with Crippen LogP contribution in [0.15, 0.2) is 156 Å². The number of furan rings is 1. The van der Waals surface area contributed by atoms with E-state index in [1.165, 1.54) is 36.7 Å². The fraction of sp³-hybridized carbons (Fsp3) is 0. The van der Waals surface area contributed by atoms with Gasteiger partial charge in [-0.15, -0.1) is 11.3 Å². The van der Waals surface area contributed by atoms with E-state index in [0.29, 0.717) is 0 Å². The van der Waals surface area contributed by atoms with Gasteiger partial charge < -0.3 is 9.32 Å². The predicted molar refractivity (Wildman–Crippen MR) is 184 cm³/mol. The van der Waals surface area contributed by atoms with Gasteiger partial charge in [0.05, 0.1) is 0 Å². The van der Waals surface area contributed by atoms with E-state index in [4.69, 9.17) is 4.42 Å². The number of hydrogen-bond acceptors (Lipinski definition) is 3. The highest BCUT2D eigenvalue weighted by molar-refractivity contribution is 7.25. The Morgan fingerprint density at radius 1 is 0.419 bits per heavy atom. The minimum absolute atomic E-state index is 0.925. The lowest BCUT2D eigenvalue weighted by Gasteiger charge is -2.26. The summed E-state index contributed by atoms with van der Waals surface area (Å²) in [5.41, 5.74) is 7.65. The summed E-state index contributed by atoms with van der Waals surface area (Å²) < 4.78 is 8.98. The molecule has 0 aliphatic heterocycles. The molecule has 43 heavy (non-hydrogen) atoms. The molecule has 0 aliphatic carbocycles. The second-order valence-electron chi connectivity index (χ2n) is 10.9.